The molecule has 22 heavy (non-hydrogen) atoms. The lowest BCUT2D eigenvalue weighted by atomic mass is 9.93. The number of rotatable bonds is 9. The van der Waals surface area contributed by atoms with Gasteiger partial charge in [-0.3, -0.25) is 4.79 Å². The van der Waals surface area contributed by atoms with Crippen LogP contribution in [0.4, 0.5) is 0 Å². The van der Waals surface area contributed by atoms with E-state index in [9.17, 15) is 4.79 Å². The van der Waals surface area contributed by atoms with Crippen molar-refractivity contribution in [2.45, 2.75) is 91.1 Å². The van der Waals surface area contributed by atoms with Crippen LogP contribution in [0.2, 0.25) is 0 Å². The maximum absolute atomic E-state index is 11.9. The van der Waals surface area contributed by atoms with E-state index in [-0.39, 0.29) is 18.6 Å². The number of carbonyl (C=O) groups excluding carboxylic acids is 1. The van der Waals surface area contributed by atoms with E-state index < -0.39 is 0 Å². The average Bonchev–Trinajstić information content (AvgIpc) is 2.51. The van der Waals surface area contributed by atoms with Gasteiger partial charge in [0, 0.05) is 6.54 Å². The highest BCUT2D eigenvalue weighted by Crippen LogP contribution is 2.24. The quantitative estimate of drug-likeness (QED) is 0.492. The summed E-state index contributed by atoms with van der Waals surface area (Å²) in [6, 6.07) is 0. The molecule has 1 N–H and O–H groups in total. The molecule has 128 valence electrons. The SMILES string of the molecule is CCCCCCCNC(=O)COC1CCCCC/C(C)=C\1C. The van der Waals surface area contributed by atoms with Crippen molar-refractivity contribution in [2.75, 3.05) is 13.2 Å². The molecule has 0 saturated heterocycles. The van der Waals surface area contributed by atoms with E-state index in [4.69, 9.17) is 4.74 Å². The number of hydrogen-bond donors (Lipinski definition) is 1. The molecule has 0 heterocycles. The van der Waals surface area contributed by atoms with Crippen molar-refractivity contribution in [2.24, 2.45) is 0 Å². The minimum absolute atomic E-state index is 0.0306. The van der Waals surface area contributed by atoms with Crippen LogP contribution in [0.25, 0.3) is 0 Å². The molecule has 0 spiro atoms. The van der Waals surface area contributed by atoms with Gasteiger partial charge in [-0.25, -0.2) is 0 Å². The number of carbonyl (C=O) groups is 1. The van der Waals surface area contributed by atoms with Crippen LogP contribution < -0.4 is 5.32 Å². The number of amides is 1. The number of nitrogens with one attached hydrogen (secondary N) is 1. The molecule has 0 fully saturated rings. The molecule has 0 aliphatic heterocycles. The van der Waals surface area contributed by atoms with Crippen LogP contribution in [0, 0.1) is 0 Å². The molecule has 1 aliphatic rings. The zero-order valence-electron chi connectivity index (χ0n) is 14.9. The molecule has 1 amide bonds. The molecule has 0 aromatic carbocycles. The molecule has 1 unspecified atom stereocenters. The lowest BCUT2D eigenvalue weighted by molar-refractivity contribution is -0.127. The van der Waals surface area contributed by atoms with Crippen LogP contribution in [0.1, 0.15) is 85.0 Å². The zero-order chi connectivity index (χ0) is 16.2. The first-order valence-corrected chi connectivity index (χ1v) is 9.19. The van der Waals surface area contributed by atoms with Crippen LogP contribution >= 0.6 is 0 Å². The molecule has 3 heteroatoms. The monoisotopic (exact) mass is 309 g/mol. The first-order valence-electron chi connectivity index (χ1n) is 9.19. The van der Waals surface area contributed by atoms with E-state index in [1.54, 1.807) is 0 Å². The summed E-state index contributed by atoms with van der Waals surface area (Å²) < 4.78 is 5.89. The fourth-order valence-electron chi connectivity index (χ4n) is 2.98. The maximum atomic E-state index is 11.9. The predicted octanol–water partition coefficient (Wildman–Crippen LogP) is 4.76. The second-order valence-corrected chi connectivity index (χ2v) is 6.63. The minimum Gasteiger partial charge on any atom is -0.364 e. The Morgan fingerprint density at radius 1 is 1.14 bits per heavy atom. The van der Waals surface area contributed by atoms with Gasteiger partial charge >= 0.3 is 0 Å². The Morgan fingerprint density at radius 2 is 1.91 bits per heavy atom. The van der Waals surface area contributed by atoms with E-state index in [1.165, 1.54) is 62.5 Å². The van der Waals surface area contributed by atoms with Gasteiger partial charge in [-0.05, 0) is 45.1 Å². The molecular weight excluding hydrogens is 274 g/mol. The molecule has 0 bridgehead atoms. The van der Waals surface area contributed by atoms with Crippen molar-refractivity contribution in [3.63, 3.8) is 0 Å². The van der Waals surface area contributed by atoms with Crippen LogP contribution in [-0.2, 0) is 9.53 Å². The first-order chi connectivity index (χ1) is 10.6. The Hall–Kier alpha value is -0.830. The fourth-order valence-corrected chi connectivity index (χ4v) is 2.98. The van der Waals surface area contributed by atoms with Crippen LogP contribution in [-0.4, -0.2) is 25.2 Å². The van der Waals surface area contributed by atoms with Crippen molar-refractivity contribution >= 4 is 5.91 Å². The predicted molar refractivity (Wildman–Crippen MR) is 93.0 cm³/mol. The number of unbranched alkanes of at least 4 members (excludes halogenated alkanes) is 4. The second-order valence-electron chi connectivity index (χ2n) is 6.63. The van der Waals surface area contributed by atoms with Gasteiger partial charge in [0.2, 0.25) is 5.91 Å². The lowest BCUT2D eigenvalue weighted by Crippen LogP contribution is -2.31. The fraction of sp³-hybridized carbons (Fsp3) is 0.842. The second kappa shape index (κ2) is 11.7. The summed E-state index contributed by atoms with van der Waals surface area (Å²) in [6.45, 7) is 7.56. The summed E-state index contributed by atoms with van der Waals surface area (Å²) in [6.07, 6.45) is 12.2. The summed E-state index contributed by atoms with van der Waals surface area (Å²) in [5.41, 5.74) is 2.79. The Morgan fingerprint density at radius 3 is 2.68 bits per heavy atom. The van der Waals surface area contributed by atoms with E-state index in [0.717, 1.165) is 19.4 Å². The molecular formula is C19H35NO2. The smallest absolute Gasteiger partial charge is 0.246 e. The van der Waals surface area contributed by atoms with Crippen molar-refractivity contribution in [1.29, 1.82) is 0 Å². The summed E-state index contributed by atoms with van der Waals surface area (Å²) in [5.74, 6) is 0.0306. The molecule has 1 rings (SSSR count). The molecule has 0 saturated carbocycles. The van der Waals surface area contributed by atoms with Gasteiger partial charge in [-0.2, -0.15) is 0 Å². The van der Waals surface area contributed by atoms with Gasteiger partial charge in [0.1, 0.15) is 6.61 Å². The third-order valence-electron chi connectivity index (χ3n) is 4.69. The number of ether oxygens (including phenoxy) is 1. The molecule has 0 radical (unpaired) electrons. The summed E-state index contributed by atoms with van der Waals surface area (Å²) in [4.78, 5) is 11.9. The van der Waals surface area contributed by atoms with E-state index in [1.807, 2.05) is 0 Å². The van der Waals surface area contributed by atoms with Crippen molar-refractivity contribution in [3.8, 4) is 0 Å². The third kappa shape index (κ3) is 7.98. The Labute approximate surface area is 136 Å². The van der Waals surface area contributed by atoms with Crippen molar-refractivity contribution in [1.82, 2.24) is 5.32 Å². The van der Waals surface area contributed by atoms with Gasteiger partial charge in [0.25, 0.3) is 0 Å². The third-order valence-corrected chi connectivity index (χ3v) is 4.69. The summed E-state index contributed by atoms with van der Waals surface area (Å²) >= 11 is 0. The van der Waals surface area contributed by atoms with Crippen LogP contribution in [0.3, 0.4) is 0 Å². The van der Waals surface area contributed by atoms with Crippen LogP contribution in [0.15, 0.2) is 11.1 Å². The first kappa shape index (κ1) is 19.2. The zero-order valence-corrected chi connectivity index (χ0v) is 14.9. The number of allylic oxidation sites excluding steroid dienone is 1. The normalized spacial score (nSPS) is 23.0. The van der Waals surface area contributed by atoms with E-state index in [2.05, 4.69) is 26.1 Å². The van der Waals surface area contributed by atoms with Gasteiger partial charge in [0.05, 0.1) is 6.10 Å². The topological polar surface area (TPSA) is 38.3 Å². The van der Waals surface area contributed by atoms with Gasteiger partial charge in [-0.1, -0.05) is 51.0 Å². The molecule has 0 aromatic heterocycles. The lowest BCUT2D eigenvalue weighted by Gasteiger charge is -2.23. The van der Waals surface area contributed by atoms with Crippen molar-refractivity contribution < 1.29 is 9.53 Å². The largest absolute Gasteiger partial charge is 0.364 e. The highest BCUT2D eigenvalue weighted by atomic mass is 16.5. The molecule has 0 aromatic rings. The van der Waals surface area contributed by atoms with E-state index in [0.29, 0.717) is 0 Å². The Bertz CT molecular complexity index is 349. The highest BCUT2D eigenvalue weighted by molar-refractivity contribution is 5.77. The van der Waals surface area contributed by atoms with Crippen molar-refractivity contribution in [3.05, 3.63) is 11.1 Å². The Kier molecular flexibility index (Phi) is 10.2. The number of hydrogen-bond acceptors (Lipinski definition) is 2. The summed E-state index contributed by atoms with van der Waals surface area (Å²) in [7, 11) is 0. The maximum Gasteiger partial charge on any atom is 0.246 e. The molecule has 1 atom stereocenters. The standard InChI is InChI=1S/C19H35NO2/c1-4-5-6-7-11-14-20-19(21)15-22-18-13-10-8-9-12-16(2)17(18)3/h18H,4-15H2,1-3H3,(H,20,21)/b17-16-. The molecule has 1 aliphatic carbocycles. The minimum atomic E-state index is 0.0306. The average molecular weight is 309 g/mol. The van der Waals surface area contributed by atoms with Gasteiger partial charge in [0.15, 0.2) is 0 Å². The van der Waals surface area contributed by atoms with Gasteiger partial charge < -0.3 is 10.1 Å². The molecule has 3 nitrogen and oxygen atoms in total. The Balaban J connectivity index is 2.21. The van der Waals surface area contributed by atoms with Crippen LogP contribution in [0.5, 0.6) is 0 Å². The highest BCUT2D eigenvalue weighted by Gasteiger charge is 2.17. The summed E-state index contributed by atoms with van der Waals surface area (Å²) in [5, 5.41) is 2.97. The van der Waals surface area contributed by atoms with Gasteiger partial charge in [-0.15, -0.1) is 0 Å². The van der Waals surface area contributed by atoms with E-state index >= 15 is 0 Å².